The van der Waals surface area contributed by atoms with Gasteiger partial charge in [0.05, 0.1) is 10.9 Å². The van der Waals surface area contributed by atoms with Crippen LogP contribution in [0.15, 0.2) is 51.8 Å². The Bertz CT molecular complexity index is 805. The van der Waals surface area contributed by atoms with Crippen LogP contribution in [0.2, 0.25) is 0 Å². The topological polar surface area (TPSA) is 41.1 Å². The third-order valence-corrected chi connectivity index (χ3v) is 6.54. The predicted molar refractivity (Wildman–Crippen MR) is 102 cm³/mol. The van der Waals surface area contributed by atoms with E-state index in [1.807, 2.05) is 30.3 Å². The molecule has 1 fully saturated rings. The fourth-order valence-corrected chi connectivity index (χ4v) is 4.82. The smallest absolute Gasteiger partial charge is 0.237 e. The average Bonchev–Trinajstić information content (AvgIpc) is 3.35. The van der Waals surface area contributed by atoms with E-state index in [1.54, 1.807) is 17.8 Å². The molecule has 0 saturated heterocycles. The van der Waals surface area contributed by atoms with Crippen molar-refractivity contribution in [2.24, 2.45) is 0 Å². The van der Waals surface area contributed by atoms with Crippen LogP contribution in [0.5, 0.6) is 0 Å². The normalized spacial score (nSPS) is 20.7. The molecule has 25 heavy (non-hydrogen) atoms. The Balaban J connectivity index is 1.39. The summed E-state index contributed by atoms with van der Waals surface area (Å²) in [5.41, 5.74) is 1.73. The molecule has 2 aliphatic rings. The summed E-state index contributed by atoms with van der Waals surface area (Å²) in [6, 6.07) is 12.9. The summed E-state index contributed by atoms with van der Waals surface area (Å²) in [6.07, 6.45) is 2.73. The molecule has 2 N–H and O–H groups in total. The van der Waals surface area contributed by atoms with E-state index in [-0.39, 0.29) is 22.5 Å². The Morgan fingerprint density at radius 2 is 2.08 bits per heavy atom. The second-order valence-corrected chi connectivity index (χ2v) is 8.71. The molecule has 0 radical (unpaired) electrons. The predicted octanol–water partition coefficient (Wildman–Crippen LogP) is 4.67. The van der Waals surface area contributed by atoms with Gasteiger partial charge in [-0.15, -0.1) is 11.8 Å². The number of rotatable bonds is 5. The van der Waals surface area contributed by atoms with Crippen LogP contribution in [0.25, 0.3) is 0 Å². The summed E-state index contributed by atoms with van der Waals surface area (Å²) >= 11 is 4.98. The Hall–Kier alpha value is -1.37. The molecule has 1 heterocycles. The number of benzene rings is 2. The molecule has 0 spiro atoms. The van der Waals surface area contributed by atoms with Crippen LogP contribution in [0.3, 0.4) is 0 Å². The quantitative estimate of drug-likeness (QED) is 0.738. The number of hydrogen-bond donors (Lipinski definition) is 2. The second-order valence-electron chi connectivity index (χ2n) is 6.55. The number of hydrogen-bond acceptors (Lipinski definition) is 3. The molecule has 1 aliphatic carbocycles. The van der Waals surface area contributed by atoms with Crippen LogP contribution in [0.4, 0.5) is 10.1 Å². The third kappa shape index (κ3) is 3.61. The molecule has 1 unspecified atom stereocenters. The fraction of sp³-hybridized carbons (Fsp3) is 0.316. The van der Waals surface area contributed by atoms with Gasteiger partial charge in [0.25, 0.3) is 0 Å². The lowest BCUT2D eigenvalue weighted by atomic mass is 10.0. The van der Waals surface area contributed by atoms with Crippen molar-refractivity contribution in [2.45, 2.75) is 34.9 Å². The van der Waals surface area contributed by atoms with Gasteiger partial charge in [0.15, 0.2) is 0 Å². The van der Waals surface area contributed by atoms with Crippen molar-refractivity contribution in [2.75, 3.05) is 11.9 Å². The van der Waals surface area contributed by atoms with Gasteiger partial charge in [-0.25, -0.2) is 4.39 Å². The Kier molecular flexibility index (Phi) is 4.60. The van der Waals surface area contributed by atoms with Crippen LogP contribution >= 0.6 is 27.7 Å². The van der Waals surface area contributed by atoms with Crippen molar-refractivity contribution in [3.8, 4) is 0 Å². The number of nitrogens with one attached hydrogen (secondary N) is 2. The molecule has 6 heteroatoms. The van der Waals surface area contributed by atoms with Crippen LogP contribution < -0.4 is 10.6 Å². The van der Waals surface area contributed by atoms with Crippen LogP contribution in [-0.2, 0) is 10.3 Å². The van der Waals surface area contributed by atoms with Crippen molar-refractivity contribution in [1.29, 1.82) is 0 Å². The van der Waals surface area contributed by atoms with Crippen molar-refractivity contribution in [3.05, 3.63) is 58.3 Å². The highest BCUT2D eigenvalue weighted by Gasteiger charge is 2.44. The zero-order valence-corrected chi connectivity index (χ0v) is 15.9. The van der Waals surface area contributed by atoms with Gasteiger partial charge in [0.2, 0.25) is 5.91 Å². The summed E-state index contributed by atoms with van der Waals surface area (Å²) < 4.78 is 14.4. The van der Waals surface area contributed by atoms with Gasteiger partial charge in [0, 0.05) is 14.9 Å². The molecule has 3 nitrogen and oxygen atoms in total. The summed E-state index contributed by atoms with van der Waals surface area (Å²) in [7, 11) is 0. The second kappa shape index (κ2) is 6.74. The minimum Gasteiger partial charge on any atom is -0.324 e. The van der Waals surface area contributed by atoms with E-state index in [4.69, 9.17) is 0 Å². The third-order valence-electron chi connectivity index (χ3n) is 4.74. The lowest BCUT2D eigenvalue weighted by Crippen LogP contribution is -2.35. The number of thioether (sulfide) groups is 1. The summed E-state index contributed by atoms with van der Waals surface area (Å²) in [4.78, 5) is 13.4. The molecule has 2 aromatic rings. The number of anilines is 1. The molecule has 4 rings (SSSR count). The van der Waals surface area contributed by atoms with Gasteiger partial charge in [-0.3, -0.25) is 4.79 Å². The standard InChI is InChI=1S/C19H18BrFN2OS/c20-13-9-12(10-14(21)11-13)19(6-7-19)22-8-5-17-18(24)23-15-3-1-2-4-16(15)25-17/h1-4,9-11,17,22H,5-8H2,(H,23,24). The van der Waals surface area contributed by atoms with Gasteiger partial charge in [0.1, 0.15) is 5.82 Å². The van der Waals surface area contributed by atoms with E-state index >= 15 is 0 Å². The lowest BCUT2D eigenvalue weighted by molar-refractivity contribution is -0.115. The molecule has 2 aromatic carbocycles. The minimum absolute atomic E-state index is 0.0591. The van der Waals surface area contributed by atoms with Gasteiger partial charge < -0.3 is 10.6 Å². The van der Waals surface area contributed by atoms with Gasteiger partial charge >= 0.3 is 0 Å². The highest BCUT2D eigenvalue weighted by atomic mass is 79.9. The van der Waals surface area contributed by atoms with E-state index in [0.717, 1.165) is 46.4 Å². The highest BCUT2D eigenvalue weighted by Crippen LogP contribution is 2.46. The molecule has 1 amide bonds. The number of para-hydroxylation sites is 1. The van der Waals surface area contributed by atoms with Crippen LogP contribution in [0, 0.1) is 5.82 Å². The fourth-order valence-electron chi connectivity index (χ4n) is 3.25. The largest absolute Gasteiger partial charge is 0.324 e. The van der Waals surface area contributed by atoms with E-state index in [1.165, 1.54) is 6.07 Å². The van der Waals surface area contributed by atoms with Crippen LogP contribution in [-0.4, -0.2) is 17.7 Å². The first kappa shape index (κ1) is 17.1. The van der Waals surface area contributed by atoms with Crippen molar-refractivity contribution in [3.63, 3.8) is 0 Å². The summed E-state index contributed by atoms with van der Waals surface area (Å²) in [5.74, 6) is -0.167. The van der Waals surface area contributed by atoms with Gasteiger partial charge in [-0.1, -0.05) is 28.1 Å². The first-order chi connectivity index (χ1) is 12.1. The Labute approximate surface area is 158 Å². The Morgan fingerprint density at radius 1 is 1.28 bits per heavy atom. The minimum atomic E-state index is -0.226. The number of carbonyl (C=O) groups excluding carboxylic acids is 1. The van der Waals surface area contributed by atoms with Gasteiger partial charge in [-0.2, -0.15) is 0 Å². The molecule has 1 atom stereocenters. The highest BCUT2D eigenvalue weighted by molar-refractivity contribution is 9.10. The number of amides is 1. The summed E-state index contributed by atoms with van der Waals surface area (Å²) in [6.45, 7) is 0.724. The van der Waals surface area contributed by atoms with Gasteiger partial charge in [-0.05, 0) is 61.7 Å². The first-order valence-corrected chi connectivity index (χ1v) is 10.0. The molecule has 0 bridgehead atoms. The molecule has 0 aromatic heterocycles. The van der Waals surface area contributed by atoms with Crippen molar-refractivity contribution >= 4 is 39.3 Å². The maximum atomic E-state index is 13.7. The van der Waals surface area contributed by atoms with Crippen LogP contribution in [0.1, 0.15) is 24.8 Å². The van der Waals surface area contributed by atoms with Crippen molar-refractivity contribution in [1.82, 2.24) is 5.32 Å². The zero-order valence-electron chi connectivity index (χ0n) is 13.5. The molecule has 130 valence electrons. The molecule has 1 aliphatic heterocycles. The SMILES string of the molecule is O=C1Nc2ccccc2SC1CCNC1(c2cc(F)cc(Br)c2)CC1. The zero-order chi connectivity index (χ0) is 17.4. The van der Waals surface area contributed by atoms with E-state index in [2.05, 4.69) is 26.6 Å². The molecule has 1 saturated carbocycles. The Morgan fingerprint density at radius 3 is 2.84 bits per heavy atom. The van der Waals surface area contributed by atoms with E-state index < -0.39 is 0 Å². The first-order valence-electron chi connectivity index (χ1n) is 8.34. The average molecular weight is 421 g/mol. The van der Waals surface area contributed by atoms with E-state index in [9.17, 15) is 9.18 Å². The molecular formula is C19H18BrFN2OS. The number of carbonyl (C=O) groups is 1. The summed E-state index contributed by atoms with van der Waals surface area (Å²) in [5, 5.41) is 6.43. The number of halogens is 2. The monoisotopic (exact) mass is 420 g/mol. The lowest BCUT2D eigenvalue weighted by Gasteiger charge is -2.25. The maximum Gasteiger partial charge on any atom is 0.237 e. The maximum absolute atomic E-state index is 13.7. The van der Waals surface area contributed by atoms with Crippen molar-refractivity contribution < 1.29 is 9.18 Å². The number of fused-ring (bicyclic) bond motifs is 1. The molecular weight excluding hydrogens is 403 g/mol. The van der Waals surface area contributed by atoms with E-state index in [0.29, 0.717) is 0 Å².